The van der Waals surface area contributed by atoms with Crippen LogP contribution in [0.3, 0.4) is 0 Å². The minimum atomic E-state index is 0.810. The van der Waals surface area contributed by atoms with Crippen LogP contribution >= 0.6 is 11.3 Å². The molecule has 1 N–H and O–H groups in total. The Balaban J connectivity index is 1.75. The molecule has 5 heteroatoms. The minimum absolute atomic E-state index is 0.810. The Hall–Kier alpha value is -2.40. The van der Waals surface area contributed by atoms with Gasteiger partial charge in [0.05, 0.1) is 5.69 Å². The second kappa shape index (κ2) is 7.24. The largest absolute Gasteiger partial charge is 0.372 e. The third kappa shape index (κ3) is 3.68. The lowest BCUT2D eigenvalue weighted by molar-refractivity contribution is 0.866. The fourth-order valence-corrected chi connectivity index (χ4v) is 3.17. The third-order valence-electron chi connectivity index (χ3n) is 3.70. The summed E-state index contributed by atoms with van der Waals surface area (Å²) < 4.78 is 0. The zero-order chi connectivity index (χ0) is 16.1. The van der Waals surface area contributed by atoms with Crippen molar-refractivity contribution in [2.24, 2.45) is 0 Å². The zero-order valence-corrected chi connectivity index (χ0v) is 14.2. The van der Waals surface area contributed by atoms with Gasteiger partial charge < -0.3 is 10.2 Å². The molecule has 3 aromatic rings. The molecule has 0 unspecified atom stereocenters. The monoisotopic (exact) mass is 324 g/mol. The van der Waals surface area contributed by atoms with E-state index in [2.05, 4.69) is 63.7 Å². The normalized spacial score (nSPS) is 10.5. The van der Waals surface area contributed by atoms with Crippen molar-refractivity contribution in [2.45, 2.75) is 13.8 Å². The van der Waals surface area contributed by atoms with E-state index < -0.39 is 0 Å². The summed E-state index contributed by atoms with van der Waals surface area (Å²) in [5.41, 5.74) is 3.37. The molecule has 2 aromatic heterocycles. The lowest BCUT2D eigenvalue weighted by Crippen LogP contribution is -2.21. The lowest BCUT2D eigenvalue weighted by atomic mass is 10.1. The molecule has 0 saturated heterocycles. The molecule has 1 aromatic carbocycles. The third-order valence-corrected chi connectivity index (χ3v) is 4.45. The first-order valence-electron chi connectivity index (χ1n) is 7.79. The van der Waals surface area contributed by atoms with Crippen LogP contribution in [-0.4, -0.2) is 23.1 Å². The topological polar surface area (TPSA) is 41.0 Å². The summed E-state index contributed by atoms with van der Waals surface area (Å²) >= 11 is 1.59. The van der Waals surface area contributed by atoms with Crippen LogP contribution in [0.5, 0.6) is 0 Å². The summed E-state index contributed by atoms with van der Waals surface area (Å²) in [7, 11) is 0. The molecular weight excluding hydrogens is 304 g/mol. The van der Waals surface area contributed by atoms with Crippen molar-refractivity contribution in [3.05, 3.63) is 54.0 Å². The molecule has 0 amide bonds. The number of hydrogen-bond acceptors (Lipinski definition) is 5. The van der Waals surface area contributed by atoms with Crippen molar-refractivity contribution in [1.82, 2.24) is 9.97 Å². The van der Waals surface area contributed by atoms with Gasteiger partial charge >= 0.3 is 0 Å². The van der Waals surface area contributed by atoms with Gasteiger partial charge in [0.2, 0.25) is 0 Å². The van der Waals surface area contributed by atoms with E-state index in [1.165, 1.54) is 5.69 Å². The van der Waals surface area contributed by atoms with Crippen LogP contribution in [-0.2, 0) is 0 Å². The quantitative estimate of drug-likeness (QED) is 0.707. The van der Waals surface area contributed by atoms with Crippen molar-refractivity contribution in [3.63, 3.8) is 0 Å². The van der Waals surface area contributed by atoms with Gasteiger partial charge in [0.1, 0.15) is 5.82 Å². The van der Waals surface area contributed by atoms with Crippen LogP contribution in [0, 0.1) is 0 Å². The minimum Gasteiger partial charge on any atom is -0.372 e. The number of nitrogens with zero attached hydrogens (tertiary/aromatic N) is 3. The van der Waals surface area contributed by atoms with Crippen LogP contribution in [0.25, 0.3) is 11.3 Å². The van der Waals surface area contributed by atoms with Crippen LogP contribution in [0.1, 0.15) is 13.8 Å². The first-order chi connectivity index (χ1) is 11.3. The van der Waals surface area contributed by atoms with Gasteiger partial charge in [-0.15, -0.1) is 11.3 Å². The maximum atomic E-state index is 4.64. The van der Waals surface area contributed by atoms with Gasteiger partial charge in [-0.25, -0.2) is 9.97 Å². The van der Waals surface area contributed by atoms with Gasteiger partial charge in [0.25, 0.3) is 0 Å². The summed E-state index contributed by atoms with van der Waals surface area (Å²) in [6.45, 7) is 6.39. The smallest absolute Gasteiger partial charge is 0.188 e. The fourth-order valence-electron chi connectivity index (χ4n) is 2.44. The highest BCUT2D eigenvalue weighted by Crippen LogP contribution is 2.28. The van der Waals surface area contributed by atoms with Crippen molar-refractivity contribution in [2.75, 3.05) is 23.3 Å². The molecule has 0 spiro atoms. The predicted octanol–water partition coefficient (Wildman–Crippen LogP) is 4.79. The van der Waals surface area contributed by atoms with Gasteiger partial charge in [-0.05, 0) is 38.1 Å². The van der Waals surface area contributed by atoms with E-state index in [-0.39, 0.29) is 0 Å². The molecule has 2 heterocycles. The number of aromatic nitrogens is 2. The number of anilines is 3. The van der Waals surface area contributed by atoms with Gasteiger partial charge in [0.15, 0.2) is 5.13 Å². The van der Waals surface area contributed by atoms with Crippen molar-refractivity contribution in [1.29, 1.82) is 0 Å². The van der Waals surface area contributed by atoms with Crippen molar-refractivity contribution >= 4 is 28.0 Å². The van der Waals surface area contributed by atoms with Gasteiger partial charge in [-0.2, -0.15) is 0 Å². The summed E-state index contributed by atoms with van der Waals surface area (Å²) in [5.74, 6) is 0.810. The first-order valence-corrected chi connectivity index (χ1v) is 8.67. The SMILES string of the molecule is CCN(CC)c1ccc(-c2csc(Nc3ccccn3)n2)cc1. The molecule has 0 aliphatic carbocycles. The highest BCUT2D eigenvalue weighted by atomic mass is 32.1. The van der Waals surface area contributed by atoms with Crippen LogP contribution in [0.15, 0.2) is 54.0 Å². The van der Waals surface area contributed by atoms with E-state index >= 15 is 0 Å². The number of benzene rings is 1. The highest BCUT2D eigenvalue weighted by Gasteiger charge is 2.07. The first kappa shape index (κ1) is 15.5. The second-order valence-electron chi connectivity index (χ2n) is 5.10. The second-order valence-corrected chi connectivity index (χ2v) is 5.96. The zero-order valence-electron chi connectivity index (χ0n) is 13.4. The van der Waals surface area contributed by atoms with Crippen LogP contribution in [0.4, 0.5) is 16.6 Å². The molecule has 0 radical (unpaired) electrons. The fraction of sp³-hybridized carbons (Fsp3) is 0.222. The number of hydrogen-bond donors (Lipinski definition) is 1. The summed E-state index contributed by atoms with van der Waals surface area (Å²) in [4.78, 5) is 11.2. The van der Waals surface area contributed by atoms with Gasteiger partial charge in [-0.1, -0.05) is 18.2 Å². The van der Waals surface area contributed by atoms with E-state index in [9.17, 15) is 0 Å². The van der Waals surface area contributed by atoms with E-state index in [1.807, 2.05) is 18.2 Å². The average molecular weight is 324 g/mol. The molecule has 23 heavy (non-hydrogen) atoms. The van der Waals surface area contributed by atoms with E-state index in [4.69, 9.17) is 0 Å². The molecule has 0 aliphatic rings. The number of rotatable bonds is 6. The molecule has 0 saturated carbocycles. The number of pyridine rings is 1. The number of nitrogens with one attached hydrogen (secondary N) is 1. The molecule has 0 aliphatic heterocycles. The van der Waals surface area contributed by atoms with Crippen LogP contribution < -0.4 is 10.2 Å². The molecule has 118 valence electrons. The summed E-state index contributed by atoms with van der Waals surface area (Å²) in [6.07, 6.45) is 1.77. The van der Waals surface area contributed by atoms with Gasteiger partial charge in [0, 0.05) is 35.9 Å². The molecular formula is C18H20N4S. The Morgan fingerprint density at radius 2 is 1.83 bits per heavy atom. The predicted molar refractivity (Wildman–Crippen MR) is 98.6 cm³/mol. The van der Waals surface area contributed by atoms with E-state index in [1.54, 1.807) is 17.5 Å². The molecule has 0 bridgehead atoms. The highest BCUT2D eigenvalue weighted by molar-refractivity contribution is 7.14. The maximum absolute atomic E-state index is 4.64. The van der Waals surface area contributed by atoms with Crippen LogP contribution in [0.2, 0.25) is 0 Å². The molecule has 0 fully saturated rings. The average Bonchev–Trinajstić information content (AvgIpc) is 3.06. The summed E-state index contributed by atoms with van der Waals surface area (Å²) in [6, 6.07) is 14.4. The molecule has 0 atom stereocenters. The Labute approximate surface area is 140 Å². The summed E-state index contributed by atoms with van der Waals surface area (Å²) in [5, 5.41) is 6.15. The molecule has 4 nitrogen and oxygen atoms in total. The maximum Gasteiger partial charge on any atom is 0.188 e. The lowest BCUT2D eigenvalue weighted by Gasteiger charge is -2.20. The van der Waals surface area contributed by atoms with E-state index in [0.717, 1.165) is 35.3 Å². The Morgan fingerprint density at radius 1 is 1.04 bits per heavy atom. The Kier molecular flexibility index (Phi) is 4.88. The van der Waals surface area contributed by atoms with E-state index in [0.29, 0.717) is 0 Å². The Bertz CT molecular complexity index is 733. The molecule has 3 rings (SSSR count). The van der Waals surface area contributed by atoms with Crippen molar-refractivity contribution < 1.29 is 0 Å². The Morgan fingerprint density at radius 3 is 2.48 bits per heavy atom. The standard InChI is InChI=1S/C18H20N4S/c1-3-22(4-2)15-10-8-14(9-11-15)16-13-23-18(20-16)21-17-7-5-6-12-19-17/h5-13H,3-4H2,1-2H3,(H,19,20,21). The number of thiazole rings is 1. The van der Waals surface area contributed by atoms with Crippen molar-refractivity contribution in [3.8, 4) is 11.3 Å². The van der Waals surface area contributed by atoms with Gasteiger partial charge in [-0.3, -0.25) is 0 Å².